The van der Waals surface area contributed by atoms with E-state index in [1.165, 1.54) is 0 Å². The van der Waals surface area contributed by atoms with E-state index >= 15 is 0 Å². The van der Waals surface area contributed by atoms with Crippen molar-refractivity contribution >= 4 is 61.3 Å². The summed E-state index contributed by atoms with van der Waals surface area (Å²) in [6, 6.07) is 17.1. The molecule has 0 unspecified atom stereocenters. The zero-order valence-corrected chi connectivity index (χ0v) is 20.6. The van der Waals surface area contributed by atoms with Crippen molar-refractivity contribution in [1.82, 2.24) is 5.43 Å². The molecule has 30 heavy (non-hydrogen) atoms. The van der Waals surface area contributed by atoms with Crippen LogP contribution in [0.4, 0.5) is 0 Å². The van der Waals surface area contributed by atoms with Gasteiger partial charge in [-0.15, -0.1) is 0 Å². The molecule has 3 rings (SSSR count). The van der Waals surface area contributed by atoms with E-state index in [1.807, 2.05) is 42.5 Å². The Morgan fingerprint density at radius 2 is 1.73 bits per heavy atom. The number of hydrazone groups is 1. The van der Waals surface area contributed by atoms with Crippen molar-refractivity contribution in [2.45, 2.75) is 13.2 Å². The summed E-state index contributed by atoms with van der Waals surface area (Å²) in [4.78, 5) is 0. The first-order valence-corrected chi connectivity index (χ1v) is 11.3. The van der Waals surface area contributed by atoms with E-state index in [4.69, 9.17) is 32.7 Å². The average Bonchev–Trinajstić information content (AvgIpc) is 2.73. The van der Waals surface area contributed by atoms with Crippen LogP contribution in [0.2, 0.25) is 10.0 Å². The van der Waals surface area contributed by atoms with Gasteiger partial charge in [0.15, 0.2) is 11.5 Å². The van der Waals surface area contributed by atoms with E-state index in [-0.39, 0.29) is 0 Å². The van der Waals surface area contributed by atoms with Gasteiger partial charge in [-0.25, -0.2) is 0 Å². The maximum atomic E-state index is 6.17. The van der Waals surface area contributed by atoms with Gasteiger partial charge in [0, 0.05) is 20.1 Å². The normalized spacial score (nSPS) is 11.0. The summed E-state index contributed by atoms with van der Waals surface area (Å²) in [5, 5.41) is 5.45. The summed E-state index contributed by atoms with van der Waals surface area (Å²) >= 11 is 19.3. The van der Waals surface area contributed by atoms with Crippen LogP contribution in [0.25, 0.3) is 0 Å². The molecule has 0 spiro atoms. The minimum absolute atomic E-state index is 0.418. The van der Waals surface area contributed by atoms with Crippen LogP contribution in [-0.2, 0) is 13.2 Å². The average molecular weight is 573 g/mol. The van der Waals surface area contributed by atoms with Crippen molar-refractivity contribution in [3.63, 3.8) is 0 Å². The van der Waals surface area contributed by atoms with E-state index in [0.717, 1.165) is 25.6 Å². The summed E-state index contributed by atoms with van der Waals surface area (Å²) in [5.41, 5.74) is 5.66. The van der Waals surface area contributed by atoms with Crippen molar-refractivity contribution in [2.24, 2.45) is 5.10 Å². The van der Waals surface area contributed by atoms with E-state index in [1.54, 1.807) is 25.5 Å². The summed E-state index contributed by atoms with van der Waals surface area (Å²) in [6.45, 7) is 0.845. The molecule has 0 amide bonds. The number of ether oxygens (including phenoxy) is 2. The molecular weight excluding hydrogens is 555 g/mol. The lowest BCUT2D eigenvalue weighted by Gasteiger charge is -2.13. The minimum Gasteiger partial charge on any atom is -0.493 e. The third kappa shape index (κ3) is 6.14. The predicted molar refractivity (Wildman–Crippen MR) is 130 cm³/mol. The molecule has 0 heterocycles. The number of hydrogen-bond acceptors (Lipinski definition) is 4. The lowest BCUT2D eigenvalue weighted by molar-refractivity contribution is 0.282. The van der Waals surface area contributed by atoms with Crippen LogP contribution >= 0.6 is 55.1 Å². The molecule has 156 valence electrons. The second-order valence-corrected chi connectivity index (χ2v) is 8.83. The maximum Gasteiger partial charge on any atom is 0.175 e. The molecule has 0 aromatic heterocycles. The Balaban J connectivity index is 1.67. The molecule has 4 nitrogen and oxygen atoms in total. The number of benzene rings is 3. The first-order chi connectivity index (χ1) is 14.5. The highest BCUT2D eigenvalue weighted by Gasteiger charge is 2.12. The molecular formula is C22H18Br2Cl2N2O2. The van der Waals surface area contributed by atoms with Crippen molar-refractivity contribution in [3.05, 3.63) is 90.3 Å². The van der Waals surface area contributed by atoms with Gasteiger partial charge in [0.1, 0.15) is 6.61 Å². The van der Waals surface area contributed by atoms with E-state index < -0.39 is 0 Å². The lowest BCUT2D eigenvalue weighted by Crippen LogP contribution is -2.07. The van der Waals surface area contributed by atoms with Crippen molar-refractivity contribution in [1.29, 1.82) is 0 Å². The third-order valence-electron chi connectivity index (χ3n) is 4.17. The molecule has 0 aliphatic carbocycles. The number of halogens is 4. The number of hydrogen-bond donors (Lipinski definition) is 1. The minimum atomic E-state index is 0.418. The SMILES string of the molecule is COc1cc(/C=N/NCc2c(Cl)cccc2Cl)cc(Br)c1OCc1ccc(Br)cc1. The number of nitrogens with one attached hydrogen (secondary N) is 1. The molecule has 0 saturated heterocycles. The van der Waals surface area contributed by atoms with Gasteiger partial charge in [0.2, 0.25) is 0 Å². The molecule has 0 fully saturated rings. The van der Waals surface area contributed by atoms with E-state index in [9.17, 15) is 0 Å². The topological polar surface area (TPSA) is 42.8 Å². The van der Waals surface area contributed by atoms with Gasteiger partial charge in [-0.2, -0.15) is 5.10 Å². The number of rotatable bonds is 8. The molecule has 1 N–H and O–H groups in total. The van der Waals surface area contributed by atoms with Crippen LogP contribution in [0.15, 0.2) is 68.6 Å². The van der Waals surface area contributed by atoms with Gasteiger partial charge < -0.3 is 14.9 Å². The zero-order chi connectivity index (χ0) is 21.5. The van der Waals surface area contributed by atoms with Gasteiger partial charge in [0.05, 0.1) is 24.3 Å². The van der Waals surface area contributed by atoms with Crippen LogP contribution in [0.3, 0.4) is 0 Å². The third-order valence-corrected chi connectivity index (χ3v) is 6.00. The maximum absolute atomic E-state index is 6.17. The molecule has 0 saturated carbocycles. The quantitative estimate of drug-likeness (QED) is 0.229. The Kier molecular flexibility index (Phi) is 8.45. The molecule has 8 heteroatoms. The Morgan fingerprint density at radius 3 is 2.40 bits per heavy atom. The van der Waals surface area contributed by atoms with Crippen LogP contribution < -0.4 is 14.9 Å². The Labute approximate surface area is 202 Å². The summed E-state index contributed by atoms with van der Waals surface area (Å²) < 4.78 is 13.3. The van der Waals surface area contributed by atoms with Gasteiger partial charge in [-0.1, -0.05) is 57.3 Å². The van der Waals surface area contributed by atoms with Crippen LogP contribution in [-0.4, -0.2) is 13.3 Å². The second kappa shape index (κ2) is 11.0. The van der Waals surface area contributed by atoms with Crippen LogP contribution in [0.5, 0.6) is 11.5 Å². The van der Waals surface area contributed by atoms with Gasteiger partial charge in [0.25, 0.3) is 0 Å². The summed E-state index contributed by atoms with van der Waals surface area (Å²) in [7, 11) is 1.60. The van der Waals surface area contributed by atoms with Gasteiger partial charge >= 0.3 is 0 Å². The highest BCUT2D eigenvalue weighted by atomic mass is 79.9. The molecule has 0 radical (unpaired) electrons. The van der Waals surface area contributed by atoms with Crippen molar-refractivity contribution in [2.75, 3.05) is 7.11 Å². The zero-order valence-electron chi connectivity index (χ0n) is 16.0. The molecule has 0 aliphatic heterocycles. The second-order valence-electron chi connectivity index (χ2n) is 6.24. The number of methoxy groups -OCH3 is 1. The summed E-state index contributed by atoms with van der Waals surface area (Å²) in [5.74, 6) is 1.24. The molecule has 0 atom stereocenters. The first-order valence-electron chi connectivity index (χ1n) is 8.91. The fourth-order valence-corrected chi connectivity index (χ4v) is 4.01. The fraction of sp³-hybridized carbons (Fsp3) is 0.136. The van der Waals surface area contributed by atoms with Gasteiger partial charge in [-0.3, -0.25) is 0 Å². The molecule has 3 aromatic carbocycles. The predicted octanol–water partition coefficient (Wildman–Crippen LogP) is 7.23. The van der Waals surface area contributed by atoms with Crippen LogP contribution in [0.1, 0.15) is 16.7 Å². The molecule has 0 aliphatic rings. The first kappa shape index (κ1) is 22.9. The standard InChI is InChI=1S/C22H18Br2Cl2N2O2/c1-29-21-10-15(11-27-28-12-17-19(25)3-2-4-20(17)26)9-18(24)22(21)30-13-14-5-7-16(23)8-6-14/h2-11,28H,12-13H2,1H3/b27-11+. The molecule has 3 aromatic rings. The Bertz CT molecular complexity index is 1020. The number of nitrogens with zero attached hydrogens (tertiary/aromatic N) is 1. The monoisotopic (exact) mass is 570 g/mol. The largest absolute Gasteiger partial charge is 0.493 e. The van der Waals surface area contributed by atoms with Crippen molar-refractivity contribution in [3.8, 4) is 11.5 Å². The Morgan fingerprint density at radius 1 is 1.03 bits per heavy atom. The summed E-state index contributed by atoms with van der Waals surface area (Å²) in [6.07, 6.45) is 1.69. The smallest absolute Gasteiger partial charge is 0.175 e. The highest BCUT2D eigenvalue weighted by Crippen LogP contribution is 2.37. The van der Waals surface area contributed by atoms with Gasteiger partial charge in [-0.05, 0) is 63.5 Å². The fourth-order valence-electron chi connectivity index (χ4n) is 2.64. The highest BCUT2D eigenvalue weighted by molar-refractivity contribution is 9.10. The Hall–Kier alpha value is -1.73. The van der Waals surface area contributed by atoms with E-state index in [0.29, 0.717) is 34.7 Å². The lowest BCUT2D eigenvalue weighted by atomic mass is 10.2. The molecule has 0 bridgehead atoms. The van der Waals surface area contributed by atoms with Crippen molar-refractivity contribution < 1.29 is 9.47 Å². The van der Waals surface area contributed by atoms with E-state index in [2.05, 4.69) is 42.4 Å². The van der Waals surface area contributed by atoms with Crippen LogP contribution in [0, 0.1) is 0 Å².